The number of nitrogens with zero attached hydrogens (tertiary/aromatic N) is 11. The van der Waals surface area contributed by atoms with E-state index in [9.17, 15) is 0 Å². The molecule has 2 aliphatic heterocycles. The normalized spacial score (nSPS) is 11.8. The third-order valence-corrected chi connectivity index (χ3v) is 22.8. The summed E-state index contributed by atoms with van der Waals surface area (Å²) in [6, 6.07) is 89.6. The van der Waals surface area contributed by atoms with Gasteiger partial charge in [0, 0.05) is 85.2 Å². The Bertz CT molecular complexity index is 5480. The van der Waals surface area contributed by atoms with E-state index in [4.69, 9.17) is 9.97 Å². The summed E-state index contributed by atoms with van der Waals surface area (Å²) in [5, 5.41) is 5.00. The number of para-hydroxylation sites is 4. The second-order valence-electron chi connectivity index (χ2n) is 31.2. The van der Waals surface area contributed by atoms with Gasteiger partial charge in [-0.2, -0.15) is 24.3 Å². The second kappa shape index (κ2) is 39.2. The molecule has 0 saturated carbocycles. The number of pyridine rings is 2. The Hall–Kier alpha value is -10.5. The Labute approximate surface area is 724 Å². The van der Waals surface area contributed by atoms with Gasteiger partial charge in [0.15, 0.2) is 0 Å². The number of anilines is 2. The Balaban J connectivity index is 0.000000161. The van der Waals surface area contributed by atoms with Gasteiger partial charge < -0.3 is 42.9 Å². The maximum atomic E-state index is 4.73. The van der Waals surface area contributed by atoms with Gasteiger partial charge in [0.25, 0.3) is 0 Å². The summed E-state index contributed by atoms with van der Waals surface area (Å²) in [6.07, 6.45) is 11.9. The molecule has 0 spiro atoms. The maximum Gasteiger partial charge on any atom is 3.00 e. The molecule has 599 valence electrons. The molecule has 15 heteroatoms. The van der Waals surface area contributed by atoms with Gasteiger partial charge in [0.1, 0.15) is 11.6 Å². The zero-order valence-corrected chi connectivity index (χ0v) is 76.3. The number of aryl methyl sites for hydroxylation is 4. The smallest absolute Gasteiger partial charge is 0.436 e. The molecule has 2 aliphatic rings. The van der Waals surface area contributed by atoms with Gasteiger partial charge in [-0.15, -0.1) is 53.9 Å². The van der Waals surface area contributed by atoms with E-state index in [0.717, 1.165) is 39.9 Å². The van der Waals surface area contributed by atoms with Crippen molar-refractivity contribution < 1.29 is 40.2 Å². The first-order valence-electron chi connectivity index (χ1n) is 40.3. The molecule has 0 aliphatic carbocycles. The molecule has 0 bridgehead atoms. The molecule has 18 rings (SSSR count). The fourth-order valence-electron chi connectivity index (χ4n) is 16.4. The van der Waals surface area contributed by atoms with Crippen LogP contribution in [0, 0.1) is 60.7 Å². The first-order chi connectivity index (χ1) is 54.8. The van der Waals surface area contributed by atoms with E-state index in [-0.39, 0.29) is 69.0 Å². The van der Waals surface area contributed by atoms with E-state index in [1.54, 1.807) is 0 Å². The van der Waals surface area contributed by atoms with E-state index in [2.05, 4.69) is 391 Å². The van der Waals surface area contributed by atoms with Gasteiger partial charge in [-0.25, -0.2) is 9.97 Å². The predicted molar refractivity (Wildman–Crippen MR) is 493 cm³/mol. The zero-order chi connectivity index (χ0) is 79.3. The number of aromatic nitrogens is 8. The number of benzene rings is 10. The van der Waals surface area contributed by atoms with Crippen molar-refractivity contribution >= 4 is 79.9 Å². The largest absolute Gasteiger partial charge is 3.00 e. The molecule has 0 unspecified atom stereocenters. The van der Waals surface area contributed by atoms with E-state index < -0.39 is 0 Å². The molecule has 0 saturated heterocycles. The van der Waals surface area contributed by atoms with Gasteiger partial charge in [0.2, 0.25) is 0 Å². The molecule has 0 N–H and O–H groups in total. The molecule has 6 aromatic heterocycles. The van der Waals surface area contributed by atoms with Crippen molar-refractivity contribution in [3.63, 3.8) is 0 Å². The van der Waals surface area contributed by atoms with Crippen molar-refractivity contribution in [2.45, 2.75) is 128 Å². The number of rotatable bonds is 13. The molecule has 0 atom stereocenters. The summed E-state index contributed by atoms with van der Waals surface area (Å²) in [5.41, 5.74) is 27.6. The third kappa shape index (κ3) is 17.9. The molecule has 10 aromatic carbocycles. The Morgan fingerprint density at radius 3 is 1.08 bits per heavy atom. The van der Waals surface area contributed by atoms with Crippen molar-refractivity contribution in [1.82, 2.24) is 42.9 Å². The summed E-state index contributed by atoms with van der Waals surface area (Å²) in [6.45, 7) is 37.1. The van der Waals surface area contributed by atoms with Crippen LogP contribution in [0.3, 0.4) is 0 Å². The van der Waals surface area contributed by atoms with E-state index >= 15 is 0 Å². The van der Waals surface area contributed by atoms with Crippen LogP contribution in [0.2, 0.25) is 0 Å². The van der Waals surface area contributed by atoms with Crippen LogP contribution in [-0.2, 0) is 40.2 Å². The average molecular weight is 1900 g/mol. The quantitative estimate of drug-likeness (QED) is 0.0840. The van der Waals surface area contributed by atoms with Crippen molar-refractivity contribution in [1.29, 1.82) is 0 Å². The topological polar surface area (TPSA) is 81.0 Å². The summed E-state index contributed by atoms with van der Waals surface area (Å²) < 4.78 is 9.07. The summed E-state index contributed by atoms with van der Waals surface area (Å²) in [4.78, 5) is 25.9. The number of hydrogen-bond acceptors (Lipinski definition) is 7. The fourth-order valence-corrected chi connectivity index (χ4v) is 16.4. The van der Waals surface area contributed by atoms with Crippen LogP contribution in [0.1, 0.15) is 144 Å². The minimum absolute atomic E-state index is 0. The van der Waals surface area contributed by atoms with Crippen molar-refractivity contribution in [3.05, 3.63) is 339 Å². The number of hydrogen-bond donors (Lipinski definition) is 0. The van der Waals surface area contributed by atoms with Crippen LogP contribution in [0.5, 0.6) is 0 Å². The van der Waals surface area contributed by atoms with Crippen LogP contribution in [0.4, 0.5) is 11.4 Å². The van der Waals surface area contributed by atoms with Gasteiger partial charge in [-0.05, 0) is 199 Å². The monoisotopic (exact) mass is 1900 g/mol. The Kier molecular flexibility index (Phi) is 29.8. The SMILES string of the molecule is CC(C)c1cc(-c2ccccc2)cc(C(C)C)c1B1N(C)c2ccc[c-]c2-c2nccn21.CC(C)c1cc(-c2ccccc2)cc(C(C)C)c1B1N(C)c2ccc[c-]c2-c2nccn21.CCN(CC)CC.Cc1cnc(-n2c3[c-]cccc3c3ccccc32)cc1C.Cc1cnc(-n2c3ccccc3c3ccccc32)cc1C.[CH3-].[CH3-].[Ir+3].[Ir]. The summed E-state index contributed by atoms with van der Waals surface area (Å²) in [7, 11) is 4.39. The van der Waals surface area contributed by atoms with Gasteiger partial charge in [0.05, 0.1) is 11.0 Å². The number of imidazole rings is 2. The van der Waals surface area contributed by atoms with Gasteiger partial charge in [-0.1, -0.05) is 244 Å². The first kappa shape index (κ1) is 88.9. The first-order valence-corrected chi connectivity index (χ1v) is 40.3. The average Bonchev–Trinajstić information content (AvgIpc) is 1.75. The summed E-state index contributed by atoms with van der Waals surface area (Å²) in [5.74, 6) is 5.50. The van der Waals surface area contributed by atoms with Crippen LogP contribution >= 0.6 is 0 Å². The van der Waals surface area contributed by atoms with Crippen molar-refractivity contribution in [3.8, 4) is 56.7 Å². The fraction of sp³-hybridized carbons (Fsp3) is 0.235. The van der Waals surface area contributed by atoms with Crippen LogP contribution in [0.15, 0.2) is 262 Å². The van der Waals surface area contributed by atoms with Crippen molar-refractivity contribution in [2.75, 3.05) is 43.4 Å². The standard InChI is InChI=1S/2C28H29BN3.C19H16N2.C19H15N2.C6H15N.2CH3.2Ir/c2*1-19(2)24-17-22(21-11-7-6-8-12-21)18-25(20(3)4)27(24)29-31(5)26-14-10-9-13-23(26)28-30-15-16-32(28)29;2*1-13-11-19(20-12-14(13)2)21-17-9-5-3-7-15(17)16-8-4-6-10-18(16)21;1-4-7(5-2)6-3;;;;/h2*6-12,14-20H,1-5H3;3-12H,1-2H3;3-9,11-12H,1-2H3;4-6H2,1-3H3;2*1H3;;/q2*-1;;-1;;2*-1;;+3. The molecular weight excluding hydrogens is 1790 g/mol. The second-order valence-corrected chi connectivity index (χ2v) is 31.2. The predicted octanol–water partition coefficient (Wildman–Crippen LogP) is 23.5. The van der Waals surface area contributed by atoms with Crippen LogP contribution in [-0.4, -0.2) is 90.6 Å². The van der Waals surface area contributed by atoms with Crippen molar-refractivity contribution in [2.24, 2.45) is 0 Å². The van der Waals surface area contributed by atoms with Crippen LogP contribution in [0.25, 0.3) is 100 Å². The third-order valence-electron chi connectivity index (χ3n) is 22.8. The molecule has 117 heavy (non-hydrogen) atoms. The van der Waals surface area contributed by atoms with E-state index in [1.165, 1.54) is 147 Å². The zero-order valence-electron chi connectivity index (χ0n) is 71.5. The Morgan fingerprint density at radius 1 is 0.376 bits per heavy atom. The molecule has 0 fully saturated rings. The summed E-state index contributed by atoms with van der Waals surface area (Å²) >= 11 is 0. The molecule has 16 aromatic rings. The van der Waals surface area contributed by atoms with Gasteiger partial charge in [-0.3, -0.25) is 14.5 Å². The molecular formula is C102H110B2Ir2N11-2. The maximum absolute atomic E-state index is 4.73. The minimum atomic E-state index is 0. The minimum Gasteiger partial charge on any atom is -0.436 e. The number of fused-ring (bicyclic) bond motifs is 12. The molecule has 11 nitrogen and oxygen atoms in total. The Morgan fingerprint density at radius 2 is 0.709 bits per heavy atom. The molecule has 0 amide bonds. The van der Waals surface area contributed by atoms with E-state index in [0.29, 0.717) is 23.7 Å². The molecule has 1 radical (unpaired) electrons. The molecule has 8 heterocycles. The van der Waals surface area contributed by atoms with Gasteiger partial charge >= 0.3 is 34.1 Å². The van der Waals surface area contributed by atoms with E-state index in [1.807, 2.05) is 49.1 Å². The van der Waals surface area contributed by atoms with Crippen LogP contribution < -0.4 is 20.5 Å².